The molecule has 0 bridgehead atoms. The maximum atomic E-state index is 12.9. The predicted octanol–water partition coefficient (Wildman–Crippen LogP) is 2.64. The number of amides is 1. The second-order valence-electron chi connectivity index (χ2n) is 2.88. The number of carbonyl (C=O) groups excluding carboxylic acids is 1. The summed E-state index contributed by atoms with van der Waals surface area (Å²) in [6, 6.07) is 4.35. The van der Waals surface area contributed by atoms with E-state index < -0.39 is 5.82 Å². The number of halogens is 2. The number of thioether (sulfide) groups is 1. The van der Waals surface area contributed by atoms with Gasteiger partial charge in [0.15, 0.2) is 0 Å². The zero-order valence-electron chi connectivity index (χ0n) is 7.46. The minimum atomic E-state index is -0.464. The van der Waals surface area contributed by atoms with Crippen molar-refractivity contribution in [3.8, 4) is 0 Å². The van der Waals surface area contributed by atoms with E-state index in [9.17, 15) is 9.18 Å². The third kappa shape index (κ3) is 2.30. The lowest BCUT2D eigenvalue weighted by atomic mass is 10.1. The van der Waals surface area contributed by atoms with E-state index in [2.05, 4.69) is 10.5 Å². The molecule has 0 aliphatic carbocycles. The highest BCUT2D eigenvalue weighted by Gasteiger charge is 2.14. The molecule has 0 radical (unpaired) electrons. The summed E-state index contributed by atoms with van der Waals surface area (Å²) in [4.78, 5) is 10.8. The molecule has 1 aliphatic heterocycles. The molecule has 0 saturated carbocycles. The monoisotopic (exact) mass is 244 g/mol. The highest BCUT2D eigenvalue weighted by molar-refractivity contribution is 8.14. The molecule has 78 valence electrons. The number of nitrogens with one attached hydrogen (secondary N) is 1. The summed E-state index contributed by atoms with van der Waals surface area (Å²) < 4.78 is 12.9. The van der Waals surface area contributed by atoms with Crippen LogP contribution in [0.4, 0.5) is 9.18 Å². The first-order valence-corrected chi connectivity index (χ1v) is 5.48. The summed E-state index contributed by atoms with van der Waals surface area (Å²) in [7, 11) is 0. The third-order valence-electron chi connectivity index (χ3n) is 1.87. The van der Waals surface area contributed by atoms with E-state index in [1.807, 2.05) is 0 Å². The van der Waals surface area contributed by atoms with Gasteiger partial charge in [-0.15, -0.1) is 0 Å². The van der Waals surface area contributed by atoms with Crippen molar-refractivity contribution in [3.63, 3.8) is 0 Å². The topological polar surface area (TPSA) is 41.5 Å². The molecule has 0 fully saturated rings. The molecule has 6 heteroatoms. The molecular formula is C9H6ClFN2OS. The van der Waals surface area contributed by atoms with Crippen LogP contribution in [0.5, 0.6) is 0 Å². The fourth-order valence-electron chi connectivity index (χ4n) is 1.14. The molecule has 15 heavy (non-hydrogen) atoms. The number of benzene rings is 1. The van der Waals surface area contributed by atoms with Crippen molar-refractivity contribution in [3.05, 3.63) is 34.6 Å². The normalized spacial score (nSPS) is 15.9. The van der Waals surface area contributed by atoms with Gasteiger partial charge in [-0.2, -0.15) is 5.10 Å². The van der Waals surface area contributed by atoms with E-state index in [1.165, 1.54) is 12.1 Å². The average Bonchev–Trinajstić information content (AvgIpc) is 2.23. The second-order valence-corrected chi connectivity index (χ2v) is 4.23. The lowest BCUT2D eigenvalue weighted by Gasteiger charge is -2.11. The molecule has 1 aromatic carbocycles. The number of rotatable bonds is 1. The molecule has 2 rings (SSSR count). The molecule has 0 atom stereocenters. The smallest absolute Gasteiger partial charge is 0.260 e. The Bertz CT molecular complexity index is 450. The van der Waals surface area contributed by atoms with Gasteiger partial charge < -0.3 is 0 Å². The van der Waals surface area contributed by atoms with Gasteiger partial charge in [0.25, 0.3) is 5.24 Å². The molecule has 3 nitrogen and oxygen atoms in total. The number of nitrogens with zero attached hydrogens (tertiary/aromatic N) is 1. The highest BCUT2D eigenvalue weighted by atomic mass is 35.5. The average molecular weight is 245 g/mol. The molecule has 1 aromatic rings. The van der Waals surface area contributed by atoms with Gasteiger partial charge in [-0.05, 0) is 12.1 Å². The number of hydrazone groups is 1. The second kappa shape index (κ2) is 4.20. The molecular weight excluding hydrogens is 239 g/mol. The van der Waals surface area contributed by atoms with Gasteiger partial charge in [-0.1, -0.05) is 29.4 Å². The molecule has 1 amide bonds. The Labute approximate surface area is 94.7 Å². The number of carbonyl (C=O) groups is 1. The minimum absolute atomic E-state index is 0.0529. The largest absolute Gasteiger partial charge is 0.299 e. The predicted molar refractivity (Wildman–Crippen MR) is 58.9 cm³/mol. The molecule has 0 unspecified atom stereocenters. The summed E-state index contributed by atoms with van der Waals surface area (Å²) in [6.07, 6.45) is 0. The maximum Gasteiger partial charge on any atom is 0.299 e. The quantitative estimate of drug-likeness (QED) is 0.825. The van der Waals surface area contributed by atoms with Crippen LogP contribution in [-0.4, -0.2) is 16.7 Å². The Morgan fingerprint density at radius 2 is 2.33 bits per heavy atom. The number of hydrogen-bond acceptors (Lipinski definition) is 3. The Balaban J connectivity index is 2.30. The highest BCUT2D eigenvalue weighted by Crippen LogP contribution is 2.19. The van der Waals surface area contributed by atoms with Gasteiger partial charge in [0.1, 0.15) is 5.82 Å². The lowest BCUT2D eigenvalue weighted by Crippen LogP contribution is -2.23. The van der Waals surface area contributed by atoms with Crippen molar-refractivity contribution >= 4 is 34.3 Å². The molecule has 1 aliphatic rings. The number of hydrogen-bond donors (Lipinski definition) is 1. The van der Waals surface area contributed by atoms with E-state index in [0.29, 0.717) is 17.0 Å². The molecule has 1 N–H and O–H groups in total. The van der Waals surface area contributed by atoms with Gasteiger partial charge >= 0.3 is 0 Å². The standard InChI is InChI=1S/C9H6ClFN2OS/c10-6-3-5(1-2-7(6)11)8-4-15-9(14)13-12-8/h1-3H,4H2,(H,13,14). The fraction of sp³-hybridized carbons (Fsp3) is 0.111. The summed E-state index contributed by atoms with van der Waals surface area (Å²) >= 11 is 6.75. The maximum absolute atomic E-state index is 12.9. The van der Waals surface area contributed by atoms with Crippen molar-refractivity contribution in [2.45, 2.75) is 0 Å². The SMILES string of the molecule is O=C1NN=C(c2ccc(F)c(Cl)c2)CS1. The minimum Gasteiger partial charge on any atom is -0.260 e. The van der Waals surface area contributed by atoms with Crippen molar-refractivity contribution in [2.75, 3.05) is 5.75 Å². The van der Waals surface area contributed by atoms with Crippen LogP contribution in [0, 0.1) is 5.82 Å². The zero-order valence-corrected chi connectivity index (χ0v) is 9.03. The van der Waals surface area contributed by atoms with Gasteiger partial charge in [-0.3, -0.25) is 4.79 Å². The first-order chi connectivity index (χ1) is 7.16. The van der Waals surface area contributed by atoms with Crippen LogP contribution >= 0.6 is 23.4 Å². The lowest BCUT2D eigenvalue weighted by molar-refractivity contribution is 0.261. The van der Waals surface area contributed by atoms with Crippen LogP contribution in [0.1, 0.15) is 5.56 Å². The van der Waals surface area contributed by atoms with E-state index in [1.54, 1.807) is 6.07 Å². The summed E-state index contributed by atoms with van der Waals surface area (Å²) in [5, 5.41) is 3.73. The fourth-order valence-corrected chi connectivity index (χ4v) is 1.92. The third-order valence-corrected chi connectivity index (χ3v) is 2.94. The van der Waals surface area contributed by atoms with E-state index >= 15 is 0 Å². The summed E-state index contributed by atoms with van der Waals surface area (Å²) in [5.74, 6) is 0.00173. The van der Waals surface area contributed by atoms with Crippen molar-refractivity contribution < 1.29 is 9.18 Å². The van der Waals surface area contributed by atoms with Crippen LogP contribution in [-0.2, 0) is 0 Å². The van der Waals surface area contributed by atoms with Crippen LogP contribution in [0.15, 0.2) is 23.3 Å². The Morgan fingerprint density at radius 1 is 1.53 bits per heavy atom. The van der Waals surface area contributed by atoms with Crippen LogP contribution in [0.2, 0.25) is 5.02 Å². The Morgan fingerprint density at radius 3 is 2.93 bits per heavy atom. The van der Waals surface area contributed by atoms with E-state index in [4.69, 9.17) is 11.6 Å². The van der Waals surface area contributed by atoms with Gasteiger partial charge in [0, 0.05) is 11.3 Å². The van der Waals surface area contributed by atoms with Crippen LogP contribution in [0.25, 0.3) is 0 Å². The van der Waals surface area contributed by atoms with Gasteiger partial charge in [0.2, 0.25) is 0 Å². The molecule has 0 spiro atoms. The van der Waals surface area contributed by atoms with Crippen LogP contribution in [0.3, 0.4) is 0 Å². The van der Waals surface area contributed by atoms with Crippen molar-refractivity contribution in [1.82, 2.24) is 5.43 Å². The molecule has 1 heterocycles. The van der Waals surface area contributed by atoms with Crippen LogP contribution < -0.4 is 5.43 Å². The van der Waals surface area contributed by atoms with E-state index in [0.717, 1.165) is 11.8 Å². The molecule has 0 saturated heterocycles. The van der Waals surface area contributed by atoms with Gasteiger partial charge in [-0.25, -0.2) is 9.82 Å². The van der Waals surface area contributed by atoms with Crippen molar-refractivity contribution in [1.29, 1.82) is 0 Å². The zero-order chi connectivity index (χ0) is 10.8. The molecule has 0 aromatic heterocycles. The summed E-state index contributed by atoms with van der Waals surface area (Å²) in [5.41, 5.74) is 3.74. The van der Waals surface area contributed by atoms with Crippen molar-refractivity contribution in [2.24, 2.45) is 5.10 Å². The first-order valence-electron chi connectivity index (χ1n) is 4.11. The van der Waals surface area contributed by atoms with Gasteiger partial charge in [0.05, 0.1) is 10.7 Å². The Hall–Kier alpha value is -1.07. The first kappa shape index (κ1) is 10.4. The summed E-state index contributed by atoms with van der Waals surface area (Å²) in [6.45, 7) is 0. The Kier molecular flexibility index (Phi) is 2.93. The van der Waals surface area contributed by atoms with E-state index in [-0.39, 0.29) is 10.3 Å².